The van der Waals surface area contributed by atoms with Crippen molar-refractivity contribution in [2.75, 3.05) is 6.61 Å². The molecule has 0 spiro atoms. The number of Topliss-reactive ketones (excluding diaryl/α,β-unsaturated/α-hetero) is 2. The Balaban J connectivity index is 0.00000210. The Labute approximate surface area is 182 Å². The Kier molecular flexibility index (Phi) is 5.44. The number of carbonyl (C=O) groups is 3. The molecule has 0 heterocycles. The van der Waals surface area contributed by atoms with Crippen LogP contribution in [0.2, 0.25) is 0 Å². The van der Waals surface area contributed by atoms with E-state index in [-0.39, 0.29) is 70.7 Å². The molecule has 0 aliphatic heterocycles. The number of aliphatic hydroxyl groups excluding tert-OH is 1. The van der Waals surface area contributed by atoms with E-state index < -0.39 is 23.4 Å². The standard InChI is InChI=1S/C21H28O5.Na.H/c1-19-7-5-13(23)9-12(19)3-4-14-15-6-8-21(26,17(25)11-22)20(15,2)10-16(24)18(14)19;;/h9,14-15,18,22,26H,3-8,10-11H2,1-2H3;;/t14-,15-,18+,19-,20-,21-;;/m0../s1. The van der Waals surface area contributed by atoms with Crippen molar-refractivity contribution in [1.29, 1.82) is 0 Å². The molecule has 0 aromatic rings. The molecule has 0 saturated heterocycles. The number of aliphatic hydroxyl groups is 2. The molecule has 6 heteroatoms. The van der Waals surface area contributed by atoms with Crippen molar-refractivity contribution in [3.8, 4) is 0 Å². The number of rotatable bonds is 2. The van der Waals surface area contributed by atoms with Gasteiger partial charge in [0.1, 0.15) is 18.0 Å². The molecule has 4 aliphatic rings. The molecule has 2 N–H and O–H groups in total. The number of carbonyl (C=O) groups excluding carboxylic acids is 3. The third kappa shape index (κ3) is 2.72. The minimum absolute atomic E-state index is 0. The Morgan fingerprint density at radius 1 is 1.19 bits per heavy atom. The fourth-order valence-corrected chi connectivity index (χ4v) is 6.98. The Morgan fingerprint density at radius 2 is 1.89 bits per heavy atom. The number of allylic oxidation sites excluding steroid dienone is 1. The molecule has 0 amide bonds. The van der Waals surface area contributed by atoms with Gasteiger partial charge in [-0.2, -0.15) is 0 Å². The van der Waals surface area contributed by atoms with Gasteiger partial charge in [-0.3, -0.25) is 14.4 Å². The summed E-state index contributed by atoms with van der Waals surface area (Å²) < 4.78 is 0. The molecule has 0 unspecified atom stereocenters. The third-order valence-electron chi connectivity index (χ3n) is 8.41. The zero-order valence-electron chi connectivity index (χ0n) is 15.6. The van der Waals surface area contributed by atoms with Crippen LogP contribution in [0.3, 0.4) is 0 Å². The van der Waals surface area contributed by atoms with Crippen molar-refractivity contribution in [1.82, 2.24) is 0 Å². The molecule has 0 bridgehead atoms. The van der Waals surface area contributed by atoms with Gasteiger partial charge < -0.3 is 10.2 Å². The fraction of sp³-hybridized carbons (Fsp3) is 0.762. The molecule has 5 nitrogen and oxygen atoms in total. The van der Waals surface area contributed by atoms with E-state index in [0.717, 1.165) is 18.4 Å². The van der Waals surface area contributed by atoms with Crippen molar-refractivity contribution in [2.24, 2.45) is 28.6 Å². The zero-order chi connectivity index (χ0) is 18.9. The van der Waals surface area contributed by atoms with E-state index in [9.17, 15) is 24.6 Å². The molecule has 0 aromatic carbocycles. The SMILES string of the molecule is C[C@]12CCC(=O)C=C1CC[C@@H]1[C@@H]2C(=O)C[C@@]2(C)[C@H]1CC[C@]2(O)C(=O)CO.[NaH]. The van der Waals surface area contributed by atoms with Crippen molar-refractivity contribution >= 4 is 46.9 Å². The predicted octanol–water partition coefficient (Wildman–Crippen LogP) is 1.34. The van der Waals surface area contributed by atoms with Gasteiger partial charge in [-0.05, 0) is 55.4 Å². The molecule has 4 aliphatic carbocycles. The second kappa shape index (κ2) is 6.88. The van der Waals surface area contributed by atoms with E-state index in [0.29, 0.717) is 25.7 Å². The van der Waals surface area contributed by atoms with Gasteiger partial charge in [0.25, 0.3) is 0 Å². The van der Waals surface area contributed by atoms with Gasteiger partial charge >= 0.3 is 29.6 Å². The molecule has 27 heavy (non-hydrogen) atoms. The summed E-state index contributed by atoms with van der Waals surface area (Å²) in [6.07, 6.45) is 5.83. The molecule has 4 rings (SSSR count). The van der Waals surface area contributed by atoms with Gasteiger partial charge in [0.2, 0.25) is 0 Å². The van der Waals surface area contributed by atoms with Gasteiger partial charge in [-0.15, -0.1) is 0 Å². The summed E-state index contributed by atoms with van der Waals surface area (Å²) in [4.78, 5) is 37.5. The monoisotopic (exact) mass is 384 g/mol. The van der Waals surface area contributed by atoms with Gasteiger partial charge in [-0.25, -0.2) is 0 Å². The van der Waals surface area contributed by atoms with Crippen LogP contribution < -0.4 is 0 Å². The van der Waals surface area contributed by atoms with Crippen LogP contribution >= 0.6 is 0 Å². The number of hydrogen-bond donors (Lipinski definition) is 2. The summed E-state index contributed by atoms with van der Waals surface area (Å²) in [5, 5.41) is 20.5. The Morgan fingerprint density at radius 3 is 2.56 bits per heavy atom. The quantitative estimate of drug-likeness (QED) is 0.701. The van der Waals surface area contributed by atoms with Crippen LogP contribution in [0.5, 0.6) is 0 Å². The van der Waals surface area contributed by atoms with Crippen LogP contribution in [-0.4, -0.2) is 69.3 Å². The maximum atomic E-state index is 13.3. The van der Waals surface area contributed by atoms with Gasteiger partial charge in [0.05, 0.1) is 0 Å². The summed E-state index contributed by atoms with van der Waals surface area (Å²) in [7, 11) is 0. The molecule has 6 atom stereocenters. The zero-order valence-corrected chi connectivity index (χ0v) is 15.6. The number of hydrogen-bond acceptors (Lipinski definition) is 5. The van der Waals surface area contributed by atoms with Crippen LogP contribution in [0, 0.1) is 28.6 Å². The maximum absolute atomic E-state index is 13.3. The number of fused-ring (bicyclic) bond motifs is 5. The topological polar surface area (TPSA) is 91.7 Å². The predicted molar refractivity (Wildman–Crippen MR) is 101 cm³/mol. The molecule has 144 valence electrons. The van der Waals surface area contributed by atoms with Crippen molar-refractivity contribution in [3.63, 3.8) is 0 Å². The summed E-state index contributed by atoms with van der Waals surface area (Å²) >= 11 is 0. The second-order valence-corrected chi connectivity index (χ2v) is 9.38. The third-order valence-corrected chi connectivity index (χ3v) is 8.41. The van der Waals surface area contributed by atoms with Crippen molar-refractivity contribution in [3.05, 3.63) is 11.6 Å². The fourth-order valence-electron chi connectivity index (χ4n) is 6.98. The summed E-state index contributed by atoms with van der Waals surface area (Å²) in [5.74, 6) is -0.172. The van der Waals surface area contributed by atoms with E-state index in [4.69, 9.17) is 0 Å². The van der Waals surface area contributed by atoms with Gasteiger partial charge in [0, 0.05) is 24.2 Å². The van der Waals surface area contributed by atoms with E-state index >= 15 is 0 Å². The van der Waals surface area contributed by atoms with Crippen molar-refractivity contribution < 1.29 is 24.6 Å². The second-order valence-electron chi connectivity index (χ2n) is 9.38. The minimum atomic E-state index is -1.60. The molecule has 3 fully saturated rings. The summed E-state index contributed by atoms with van der Waals surface area (Å²) in [5.41, 5.74) is -1.55. The van der Waals surface area contributed by atoms with Crippen LogP contribution in [0.15, 0.2) is 11.6 Å². The first-order chi connectivity index (χ1) is 12.2. The van der Waals surface area contributed by atoms with Crippen LogP contribution in [-0.2, 0) is 14.4 Å². The van der Waals surface area contributed by atoms with E-state index in [1.807, 2.05) is 6.92 Å². The average Bonchev–Trinajstić information content (AvgIpc) is 2.86. The van der Waals surface area contributed by atoms with Crippen LogP contribution in [0.4, 0.5) is 0 Å². The Hall–Kier alpha value is -0.330. The van der Waals surface area contributed by atoms with Crippen LogP contribution in [0.1, 0.15) is 58.8 Å². The first-order valence-corrected chi connectivity index (χ1v) is 9.80. The first kappa shape index (κ1) is 21.4. The molecular weight excluding hydrogens is 355 g/mol. The molecule has 3 saturated carbocycles. The normalized spacial score (nSPS) is 45.9. The summed E-state index contributed by atoms with van der Waals surface area (Å²) in [6, 6.07) is 0. The van der Waals surface area contributed by atoms with E-state index in [1.165, 1.54) is 0 Å². The molecule has 0 radical (unpaired) electrons. The first-order valence-electron chi connectivity index (χ1n) is 9.80. The average molecular weight is 384 g/mol. The number of ketones is 3. The van der Waals surface area contributed by atoms with Crippen LogP contribution in [0.25, 0.3) is 0 Å². The Bertz CT molecular complexity index is 730. The van der Waals surface area contributed by atoms with Crippen molar-refractivity contribution in [2.45, 2.75) is 64.4 Å². The van der Waals surface area contributed by atoms with E-state index in [2.05, 4.69) is 6.92 Å². The van der Waals surface area contributed by atoms with Gasteiger partial charge in [0.15, 0.2) is 11.6 Å². The van der Waals surface area contributed by atoms with Gasteiger partial charge in [-0.1, -0.05) is 19.4 Å². The molecular formula is C21H29NaO5. The van der Waals surface area contributed by atoms with E-state index in [1.54, 1.807) is 6.08 Å². The summed E-state index contributed by atoms with van der Waals surface area (Å²) in [6.45, 7) is 3.31. The molecule has 0 aromatic heterocycles.